The van der Waals surface area contributed by atoms with Crippen molar-refractivity contribution in [3.05, 3.63) is 30.4 Å². The predicted octanol–water partition coefficient (Wildman–Crippen LogP) is 3.03. The van der Waals surface area contributed by atoms with Crippen molar-refractivity contribution in [1.29, 1.82) is 0 Å². The van der Waals surface area contributed by atoms with Crippen LogP contribution in [0.1, 0.15) is 25.5 Å². The Labute approximate surface area is 108 Å². The summed E-state index contributed by atoms with van der Waals surface area (Å²) in [5.74, 6) is 0.159. The monoisotopic (exact) mass is 270 g/mol. The molecule has 0 aliphatic rings. The van der Waals surface area contributed by atoms with E-state index in [1.807, 2.05) is 13.8 Å². The Morgan fingerprint density at radius 2 is 2.00 bits per heavy atom. The molecule has 0 aliphatic carbocycles. The molecule has 0 spiro atoms. The normalized spacial score (nSPS) is 12.1. The van der Waals surface area contributed by atoms with Crippen LogP contribution in [0.4, 0.5) is 13.2 Å². The zero-order valence-corrected chi connectivity index (χ0v) is 10.5. The van der Waals surface area contributed by atoms with Crippen LogP contribution in [0, 0.1) is 0 Å². The first-order chi connectivity index (χ1) is 8.87. The van der Waals surface area contributed by atoms with E-state index in [-0.39, 0.29) is 5.92 Å². The Kier molecular flexibility index (Phi) is 3.55. The van der Waals surface area contributed by atoms with Crippen molar-refractivity contribution < 1.29 is 13.2 Å². The van der Waals surface area contributed by atoms with Crippen molar-refractivity contribution in [1.82, 2.24) is 19.7 Å². The first-order valence-electron chi connectivity index (χ1n) is 5.77. The third-order valence-electron chi connectivity index (χ3n) is 2.55. The molecule has 7 heteroatoms. The Hall–Kier alpha value is -1.92. The SMILES string of the molecule is CC(C)c1cncc(-c2ccnn2CC(F)(F)F)n1. The number of hydrogen-bond acceptors (Lipinski definition) is 3. The van der Waals surface area contributed by atoms with Crippen LogP contribution in [0.15, 0.2) is 24.7 Å². The Bertz CT molecular complexity index is 560. The van der Waals surface area contributed by atoms with Crippen LogP contribution in [-0.2, 0) is 6.54 Å². The molecule has 0 N–H and O–H groups in total. The smallest absolute Gasteiger partial charge is 0.260 e. The van der Waals surface area contributed by atoms with Gasteiger partial charge < -0.3 is 0 Å². The molecule has 0 amide bonds. The molecule has 2 rings (SSSR count). The highest BCUT2D eigenvalue weighted by Crippen LogP contribution is 2.23. The molecule has 19 heavy (non-hydrogen) atoms. The maximum Gasteiger partial charge on any atom is 0.408 e. The molecular formula is C12H13F3N4. The fourth-order valence-corrected chi connectivity index (χ4v) is 1.63. The Balaban J connectivity index is 2.37. The number of rotatable bonds is 3. The first kappa shape index (κ1) is 13.5. The molecular weight excluding hydrogens is 257 g/mol. The largest absolute Gasteiger partial charge is 0.408 e. The average molecular weight is 270 g/mol. The van der Waals surface area contributed by atoms with Crippen LogP contribution in [0.5, 0.6) is 0 Å². The lowest BCUT2D eigenvalue weighted by Gasteiger charge is -2.11. The predicted molar refractivity (Wildman–Crippen MR) is 63.4 cm³/mol. The summed E-state index contributed by atoms with van der Waals surface area (Å²) >= 11 is 0. The van der Waals surface area contributed by atoms with E-state index >= 15 is 0 Å². The lowest BCUT2D eigenvalue weighted by molar-refractivity contribution is -0.142. The summed E-state index contributed by atoms with van der Waals surface area (Å²) in [7, 11) is 0. The van der Waals surface area contributed by atoms with E-state index in [2.05, 4.69) is 15.1 Å². The van der Waals surface area contributed by atoms with Gasteiger partial charge in [-0.05, 0) is 12.0 Å². The van der Waals surface area contributed by atoms with Gasteiger partial charge in [-0.25, -0.2) is 4.98 Å². The van der Waals surface area contributed by atoms with Crippen LogP contribution in [0.3, 0.4) is 0 Å². The molecule has 0 bridgehead atoms. The molecule has 4 nitrogen and oxygen atoms in total. The molecule has 2 aromatic heterocycles. The van der Waals surface area contributed by atoms with E-state index in [4.69, 9.17) is 0 Å². The van der Waals surface area contributed by atoms with Crippen molar-refractivity contribution in [3.8, 4) is 11.4 Å². The fourth-order valence-electron chi connectivity index (χ4n) is 1.63. The van der Waals surface area contributed by atoms with E-state index in [0.717, 1.165) is 10.4 Å². The van der Waals surface area contributed by atoms with E-state index in [9.17, 15) is 13.2 Å². The fraction of sp³-hybridized carbons (Fsp3) is 0.417. The number of hydrogen-bond donors (Lipinski definition) is 0. The maximum absolute atomic E-state index is 12.4. The van der Waals surface area contributed by atoms with Crippen LogP contribution in [0.25, 0.3) is 11.4 Å². The molecule has 0 unspecified atom stereocenters. The van der Waals surface area contributed by atoms with Crippen LogP contribution < -0.4 is 0 Å². The van der Waals surface area contributed by atoms with Gasteiger partial charge in [0.2, 0.25) is 0 Å². The second kappa shape index (κ2) is 4.99. The molecule has 102 valence electrons. The van der Waals surface area contributed by atoms with Gasteiger partial charge >= 0.3 is 6.18 Å². The number of nitrogens with zero attached hydrogens (tertiary/aromatic N) is 4. The van der Waals surface area contributed by atoms with Gasteiger partial charge in [0.25, 0.3) is 0 Å². The van der Waals surface area contributed by atoms with E-state index in [1.165, 1.54) is 18.5 Å². The zero-order chi connectivity index (χ0) is 14.0. The minimum absolute atomic E-state index is 0.159. The van der Waals surface area contributed by atoms with Crippen LogP contribution >= 0.6 is 0 Å². The molecule has 0 aliphatic heterocycles. The third kappa shape index (κ3) is 3.30. The standard InChI is InChI=1S/C12H13F3N4/c1-8(2)9-5-16-6-10(18-9)11-3-4-17-19(11)7-12(13,14)15/h3-6,8H,7H2,1-2H3. The van der Waals surface area contributed by atoms with Crippen molar-refractivity contribution in [2.45, 2.75) is 32.5 Å². The minimum atomic E-state index is -4.32. The van der Waals surface area contributed by atoms with Crippen molar-refractivity contribution in [3.63, 3.8) is 0 Å². The summed E-state index contributed by atoms with van der Waals surface area (Å²) in [6.07, 6.45) is 0.0586. The lowest BCUT2D eigenvalue weighted by atomic mass is 10.1. The van der Waals surface area contributed by atoms with Gasteiger partial charge in [0.05, 0.1) is 17.6 Å². The van der Waals surface area contributed by atoms with Crippen molar-refractivity contribution >= 4 is 0 Å². The summed E-state index contributed by atoms with van der Waals surface area (Å²) in [5.41, 5.74) is 1.44. The molecule has 0 radical (unpaired) electrons. The number of halogens is 3. The number of aromatic nitrogens is 4. The van der Waals surface area contributed by atoms with Gasteiger partial charge in [-0.1, -0.05) is 13.8 Å². The second-order valence-corrected chi connectivity index (χ2v) is 4.47. The molecule has 0 saturated carbocycles. The summed E-state index contributed by atoms with van der Waals surface area (Å²) in [5, 5.41) is 3.68. The third-order valence-corrected chi connectivity index (χ3v) is 2.55. The van der Waals surface area contributed by atoms with Gasteiger partial charge in [0, 0.05) is 12.4 Å². The first-order valence-corrected chi connectivity index (χ1v) is 5.77. The zero-order valence-electron chi connectivity index (χ0n) is 10.5. The Morgan fingerprint density at radius 3 is 2.63 bits per heavy atom. The lowest BCUT2D eigenvalue weighted by Crippen LogP contribution is -2.19. The van der Waals surface area contributed by atoms with Crippen LogP contribution in [-0.4, -0.2) is 25.9 Å². The molecule has 0 atom stereocenters. The number of alkyl halides is 3. The van der Waals surface area contributed by atoms with E-state index in [1.54, 1.807) is 6.20 Å². The summed E-state index contributed by atoms with van der Waals surface area (Å²) < 4.78 is 38.2. The van der Waals surface area contributed by atoms with Gasteiger partial charge in [0.15, 0.2) is 0 Å². The van der Waals surface area contributed by atoms with Gasteiger partial charge in [-0.2, -0.15) is 18.3 Å². The summed E-state index contributed by atoms with van der Waals surface area (Å²) in [6.45, 7) is 2.75. The van der Waals surface area contributed by atoms with Crippen LogP contribution in [0.2, 0.25) is 0 Å². The van der Waals surface area contributed by atoms with Crippen molar-refractivity contribution in [2.24, 2.45) is 0 Å². The highest BCUT2D eigenvalue weighted by atomic mass is 19.4. The summed E-state index contributed by atoms with van der Waals surface area (Å²) in [4.78, 5) is 8.33. The highest BCUT2D eigenvalue weighted by molar-refractivity contribution is 5.52. The molecule has 0 aromatic carbocycles. The quantitative estimate of drug-likeness (QED) is 0.861. The topological polar surface area (TPSA) is 43.6 Å². The average Bonchev–Trinajstić information content (AvgIpc) is 2.75. The van der Waals surface area contributed by atoms with Gasteiger partial charge in [0.1, 0.15) is 12.2 Å². The van der Waals surface area contributed by atoms with Crippen molar-refractivity contribution in [2.75, 3.05) is 0 Å². The highest BCUT2D eigenvalue weighted by Gasteiger charge is 2.29. The van der Waals surface area contributed by atoms with Gasteiger partial charge in [-0.3, -0.25) is 9.67 Å². The summed E-state index contributed by atoms with van der Waals surface area (Å²) in [6, 6.07) is 1.50. The Morgan fingerprint density at radius 1 is 1.26 bits per heavy atom. The second-order valence-electron chi connectivity index (χ2n) is 4.47. The van der Waals surface area contributed by atoms with Gasteiger partial charge in [-0.15, -0.1) is 0 Å². The molecule has 2 heterocycles. The maximum atomic E-state index is 12.4. The molecule has 2 aromatic rings. The van der Waals surface area contributed by atoms with E-state index < -0.39 is 12.7 Å². The van der Waals surface area contributed by atoms with E-state index in [0.29, 0.717) is 11.4 Å². The minimum Gasteiger partial charge on any atom is -0.260 e. The molecule has 0 saturated heterocycles. The molecule has 0 fully saturated rings.